The summed E-state index contributed by atoms with van der Waals surface area (Å²) in [6.07, 6.45) is 7.44. The van der Waals surface area contributed by atoms with Crippen LogP contribution in [0.4, 0.5) is 0 Å². The Balaban J connectivity index is 3.00. The van der Waals surface area contributed by atoms with Crippen LogP contribution < -0.4 is 0 Å². The summed E-state index contributed by atoms with van der Waals surface area (Å²) in [5.41, 5.74) is -1.59. The normalized spacial score (nSPS) is 14.8. The summed E-state index contributed by atoms with van der Waals surface area (Å²) in [6, 6.07) is 9.64. The molecule has 2 unspecified atom stereocenters. The molecule has 2 atom stereocenters. The van der Waals surface area contributed by atoms with Gasteiger partial charge in [0.05, 0.1) is 16.6 Å². The standard InChI is InChI=1S/C31H48O4/c1-12-13-17-23(22-25(32)28(2,3)4)20-21-34-31(10,11)30(8,9)27(33)26(35-29(5,6)7)24-18-15-14-16-19-24/h1,14-16,18-19,23,26H,13,17,20-22H2,2-11H3. The van der Waals surface area contributed by atoms with Gasteiger partial charge in [-0.15, -0.1) is 12.3 Å². The van der Waals surface area contributed by atoms with Gasteiger partial charge in [-0.2, -0.15) is 0 Å². The van der Waals surface area contributed by atoms with E-state index in [1.54, 1.807) is 0 Å². The topological polar surface area (TPSA) is 52.6 Å². The molecule has 4 heteroatoms. The first-order valence-electron chi connectivity index (χ1n) is 12.8. The predicted octanol–water partition coefficient (Wildman–Crippen LogP) is 7.36. The SMILES string of the molecule is C#CCCC(CCOC(C)(C)C(C)(C)C(=O)C(OC(C)(C)C)c1ccccc1)CC(=O)C(C)(C)C. The van der Waals surface area contributed by atoms with E-state index >= 15 is 0 Å². The lowest BCUT2D eigenvalue weighted by Crippen LogP contribution is -2.50. The van der Waals surface area contributed by atoms with Crippen molar-refractivity contribution < 1.29 is 19.1 Å². The minimum Gasteiger partial charge on any atom is -0.375 e. The largest absolute Gasteiger partial charge is 0.375 e. The zero-order valence-electron chi connectivity index (χ0n) is 23.8. The molecule has 1 rings (SSSR count). The average molecular weight is 485 g/mol. The Morgan fingerprint density at radius 2 is 1.49 bits per heavy atom. The fraction of sp³-hybridized carbons (Fsp3) is 0.677. The Morgan fingerprint density at radius 1 is 0.914 bits per heavy atom. The highest BCUT2D eigenvalue weighted by molar-refractivity contribution is 5.90. The van der Waals surface area contributed by atoms with Crippen LogP contribution in [0.3, 0.4) is 0 Å². The summed E-state index contributed by atoms with van der Waals surface area (Å²) >= 11 is 0. The van der Waals surface area contributed by atoms with Crippen LogP contribution in [0.5, 0.6) is 0 Å². The van der Waals surface area contributed by atoms with E-state index in [1.165, 1.54) is 0 Å². The number of terminal acetylenes is 1. The quantitative estimate of drug-likeness (QED) is 0.275. The Kier molecular flexibility index (Phi) is 10.9. The summed E-state index contributed by atoms with van der Waals surface area (Å²) < 4.78 is 12.6. The van der Waals surface area contributed by atoms with Crippen LogP contribution >= 0.6 is 0 Å². The molecule has 0 saturated carbocycles. The minimum absolute atomic E-state index is 0.0181. The van der Waals surface area contributed by atoms with Gasteiger partial charge in [-0.1, -0.05) is 65.0 Å². The molecule has 0 aliphatic carbocycles. The molecule has 0 heterocycles. The van der Waals surface area contributed by atoms with Gasteiger partial charge in [-0.25, -0.2) is 0 Å². The number of benzene rings is 1. The van der Waals surface area contributed by atoms with Crippen molar-refractivity contribution in [3.8, 4) is 12.3 Å². The molecular weight excluding hydrogens is 436 g/mol. The van der Waals surface area contributed by atoms with Crippen LogP contribution in [-0.2, 0) is 19.1 Å². The number of carbonyl (C=O) groups excluding carboxylic acids is 2. The molecule has 196 valence electrons. The van der Waals surface area contributed by atoms with Gasteiger partial charge in [0.15, 0.2) is 5.78 Å². The second-order valence-electron chi connectivity index (χ2n) is 12.6. The molecule has 0 bridgehead atoms. The number of hydrogen-bond donors (Lipinski definition) is 0. The molecule has 0 aliphatic rings. The fourth-order valence-electron chi connectivity index (χ4n) is 3.74. The lowest BCUT2D eigenvalue weighted by atomic mass is 9.71. The Labute approximate surface area is 214 Å². The molecule has 0 N–H and O–H groups in total. The van der Waals surface area contributed by atoms with Gasteiger partial charge in [0.25, 0.3) is 0 Å². The summed E-state index contributed by atoms with van der Waals surface area (Å²) in [4.78, 5) is 26.5. The fourth-order valence-corrected chi connectivity index (χ4v) is 3.74. The third kappa shape index (κ3) is 9.54. The molecule has 0 saturated heterocycles. The first-order chi connectivity index (χ1) is 15.9. The number of hydrogen-bond acceptors (Lipinski definition) is 4. The van der Waals surface area contributed by atoms with E-state index in [4.69, 9.17) is 15.9 Å². The summed E-state index contributed by atoms with van der Waals surface area (Å²) in [7, 11) is 0. The number of carbonyl (C=O) groups is 2. The Hall–Kier alpha value is -1.96. The Morgan fingerprint density at radius 3 is 1.97 bits per heavy atom. The van der Waals surface area contributed by atoms with E-state index in [0.717, 1.165) is 18.4 Å². The molecule has 0 aliphatic heterocycles. The number of ketones is 2. The van der Waals surface area contributed by atoms with Crippen molar-refractivity contribution in [1.29, 1.82) is 0 Å². The maximum absolute atomic E-state index is 13.9. The second kappa shape index (κ2) is 12.3. The monoisotopic (exact) mass is 484 g/mol. The van der Waals surface area contributed by atoms with Crippen LogP contribution in [0, 0.1) is 29.1 Å². The zero-order chi connectivity index (χ0) is 27.1. The smallest absolute Gasteiger partial charge is 0.174 e. The molecular formula is C31H48O4. The van der Waals surface area contributed by atoms with Gasteiger partial charge in [0.1, 0.15) is 11.9 Å². The third-order valence-corrected chi connectivity index (χ3v) is 6.93. The summed E-state index contributed by atoms with van der Waals surface area (Å²) in [6.45, 7) is 19.9. The maximum Gasteiger partial charge on any atom is 0.174 e. The van der Waals surface area contributed by atoms with Gasteiger partial charge in [0, 0.05) is 24.9 Å². The highest BCUT2D eigenvalue weighted by atomic mass is 16.5. The first kappa shape index (κ1) is 31.1. The van der Waals surface area contributed by atoms with E-state index in [2.05, 4.69) is 5.92 Å². The highest BCUT2D eigenvalue weighted by Crippen LogP contribution is 2.41. The first-order valence-corrected chi connectivity index (χ1v) is 12.8. The second-order valence-corrected chi connectivity index (χ2v) is 12.6. The van der Waals surface area contributed by atoms with Crippen LogP contribution in [0.15, 0.2) is 30.3 Å². The van der Waals surface area contributed by atoms with Gasteiger partial charge in [0.2, 0.25) is 0 Å². The van der Waals surface area contributed by atoms with E-state index in [9.17, 15) is 9.59 Å². The molecule has 0 radical (unpaired) electrons. The predicted molar refractivity (Wildman–Crippen MR) is 144 cm³/mol. The van der Waals surface area contributed by atoms with Gasteiger partial charge in [-0.05, 0) is 58.9 Å². The van der Waals surface area contributed by atoms with Crippen molar-refractivity contribution in [2.45, 2.75) is 112 Å². The lowest BCUT2D eigenvalue weighted by molar-refractivity contribution is -0.169. The highest BCUT2D eigenvalue weighted by Gasteiger charge is 2.48. The molecule has 0 amide bonds. The third-order valence-electron chi connectivity index (χ3n) is 6.93. The Bertz CT molecular complexity index is 860. The molecule has 1 aromatic rings. The molecule has 0 spiro atoms. The van der Waals surface area contributed by atoms with Crippen LogP contribution in [-0.4, -0.2) is 29.4 Å². The molecule has 0 fully saturated rings. The van der Waals surface area contributed by atoms with Crippen LogP contribution in [0.1, 0.15) is 107 Å². The van der Waals surface area contributed by atoms with Crippen molar-refractivity contribution in [2.75, 3.05) is 6.61 Å². The van der Waals surface area contributed by atoms with Crippen molar-refractivity contribution in [3.63, 3.8) is 0 Å². The zero-order valence-corrected chi connectivity index (χ0v) is 23.8. The molecule has 4 nitrogen and oxygen atoms in total. The van der Waals surface area contributed by atoms with Crippen molar-refractivity contribution in [1.82, 2.24) is 0 Å². The molecule has 35 heavy (non-hydrogen) atoms. The summed E-state index contributed by atoms with van der Waals surface area (Å²) in [5, 5.41) is 0. The van der Waals surface area contributed by atoms with Crippen molar-refractivity contribution in [3.05, 3.63) is 35.9 Å². The van der Waals surface area contributed by atoms with Gasteiger partial charge in [-0.3, -0.25) is 9.59 Å². The number of Topliss-reactive ketones (excluding diaryl/α,β-unsaturated/α-hetero) is 2. The van der Waals surface area contributed by atoms with E-state index < -0.39 is 22.7 Å². The lowest BCUT2D eigenvalue weighted by Gasteiger charge is -2.43. The van der Waals surface area contributed by atoms with Gasteiger partial charge < -0.3 is 9.47 Å². The van der Waals surface area contributed by atoms with E-state index in [-0.39, 0.29) is 22.9 Å². The molecule has 1 aromatic carbocycles. The van der Waals surface area contributed by atoms with E-state index in [0.29, 0.717) is 19.4 Å². The average Bonchev–Trinajstić information content (AvgIpc) is 2.74. The van der Waals surface area contributed by atoms with Gasteiger partial charge >= 0.3 is 0 Å². The van der Waals surface area contributed by atoms with Crippen molar-refractivity contribution >= 4 is 11.6 Å². The van der Waals surface area contributed by atoms with Crippen LogP contribution in [0.25, 0.3) is 0 Å². The molecule has 0 aromatic heterocycles. The summed E-state index contributed by atoms with van der Waals surface area (Å²) in [5.74, 6) is 3.07. The van der Waals surface area contributed by atoms with E-state index in [1.807, 2.05) is 99.6 Å². The number of ether oxygens (including phenoxy) is 2. The minimum atomic E-state index is -0.825. The van der Waals surface area contributed by atoms with Crippen molar-refractivity contribution in [2.24, 2.45) is 16.7 Å². The number of rotatable bonds is 13. The van der Waals surface area contributed by atoms with Crippen LogP contribution in [0.2, 0.25) is 0 Å². The maximum atomic E-state index is 13.9.